The van der Waals surface area contributed by atoms with Crippen LogP contribution < -0.4 is 10.6 Å². The van der Waals surface area contributed by atoms with Crippen LogP contribution in [0.3, 0.4) is 0 Å². The molecule has 0 unspecified atom stereocenters. The Bertz CT molecular complexity index is 282. The maximum atomic E-state index is 8.78. The molecule has 4 heteroatoms. The summed E-state index contributed by atoms with van der Waals surface area (Å²) in [6.07, 6.45) is -1.33. The van der Waals surface area contributed by atoms with E-state index in [1.54, 1.807) is 0 Å². The van der Waals surface area contributed by atoms with E-state index in [9.17, 15) is 0 Å². The number of carboxylic acid groups (broad SMARTS) is 1. The molecule has 84 valence electrons. The number of nitrogens with two attached hydrogens (primary N) is 1. The summed E-state index contributed by atoms with van der Waals surface area (Å²) < 4.78 is 0. The molecule has 1 aromatic carbocycles. The number of nitrogens with zero attached hydrogens (tertiary/aromatic N) is 1. The van der Waals surface area contributed by atoms with Gasteiger partial charge >= 0.3 is 6.09 Å². The molecule has 1 aromatic rings. The predicted octanol–water partition coefficient (Wildman–Crippen LogP) is 2.15. The molecular formula is C11H18N2O2. The normalized spacial score (nSPS) is 9.07. The first-order valence-corrected chi connectivity index (χ1v) is 4.71. The van der Waals surface area contributed by atoms with Gasteiger partial charge in [0.05, 0.1) is 0 Å². The molecule has 1 rings (SSSR count). The molecule has 0 aliphatic heterocycles. The molecule has 0 bridgehead atoms. The fraction of sp³-hybridized carbons (Fsp3) is 0.364. The highest BCUT2D eigenvalue weighted by molar-refractivity contribution is 5.61. The van der Waals surface area contributed by atoms with Crippen LogP contribution in [0.4, 0.5) is 10.5 Å². The largest absolute Gasteiger partial charge is 0.465 e. The van der Waals surface area contributed by atoms with E-state index >= 15 is 0 Å². The van der Waals surface area contributed by atoms with Crippen molar-refractivity contribution in [3.63, 3.8) is 0 Å². The number of amides is 1. The number of hydrogen-bond donors (Lipinski definition) is 2. The SMILES string of the molecule is CC(C)N(C)c1ccccc1.NC(=O)O. The number of para-hydroxylation sites is 1. The lowest BCUT2D eigenvalue weighted by Crippen LogP contribution is -2.25. The number of primary amides is 1. The fourth-order valence-corrected chi connectivity index (χ4v) is 0.961. The lowest BCUT2D eigenvalue weighted by atomic mass is 10.2. The van der Waals surface area contributed by atoms with Crippen LogP contribution in [0, 0.1) is 0 Å². The Hall–Kier alpha value is -1.71. The van der Waals surface area contributed by atoms with E-state index in [4.69, 9.17) is 9.90 Å². The quantitative estimate of drug-likeness (QED) is 0.786. The van der Waals surface area contributed by atoms with Gasteiger partial charge in [-0.15, -0.1) is 0 Å². The van der Waals surface area contributed by atoms with Crippen LogP contribution in [-0.2, 0) is 0 Å². The monoisotopic (exact) mass is 210 g/mol. The lowest BCUT2D eigenvalue weighted by molar-refractivity contribution is 0.205. The van der Waals surface area contributed by atoms with Crippen molar-refractivity contribution in [2.45, 2.75) is 19.9 Å². The molecule has 0 saturated carbocycles. The Balaban J connectivity index is 0.000000423. The zero-order chi connectivity index (χ0) is 11.8. The van der Waals surface area contributed by atoms with Gasteiger partial charge in [-0.25, -0.2) is 4.79 Å². The average Bonchev–Trinajstić information content (AvgIpc) is 2.17. The lowest BCUT2D eigenvalue weighted by Gasteiger charge is -2.23. The summed E-state index contributed by atoms with van der Waals surface area (Å²) in [5.74, 6) is 0. The van der Waals surface area contributed by atoms with Crippen LogP contribution in [-0.4, -0.2) is 24.3 Å². The maximum Gasteiger partial charge on any atom is 0.402 e. The summed E-state index contributed by atoms with van der Waals surface area (Å²) in [5, 5.41) is 7.19. The van der Waals surface area contributed by atoms with Crippen molar-refractivity contribution < 1.29 is 9.90 Å². The highest BCUT2D eigenvalue weighted by atomic mass is 16.4. The van der Waals surface area contributed by atoms with Gasteiger partial charge in [-0.2, -0.15) is 0 Å². The molecule has 1 amide bonds. The van der Waals surface area contributed by atoms with Gasteiger partial charge in [-0.3, -0.25) is 0 Å². The van der Waals surface area contributed by atoms with E-state index in [-0.39, 0.29) is 0 Å². The molecule has 0 heterocycles. The molecule has 0 saturated heterocycles. The van der Waals surface area contributed by atoms with Crippen LogP contribution in [0.5, 0.6) is 0 Å². The van der Waals surface area contributed by atoms with Gasteiger partial charge < -0.3 is 15.7 Å². The van der Waals surface area contributed by atoms with Gasteiger partial charge in [0.1, 0.15) is 0 Å². The molecule has 0 aliphatic rings. The number of carbonyl (C=O) groups is 1. The summed E-state index contributed by atoms with van der Waals surface area (Å²) in [5.41, 5.74) is 5.31. The van der Waals surface area contributed by atoms with Gasteiger partial charge in [-0.05, 0) is 26.0 Å². The zero-order valence-corrected chi connectivity index (χ0v) is 9.34. The first-order chi connectivity index (χ1) is 6.95. The standard InChI is InChI=1S/C10H15N.CH3NO2/c1-9(2)11(3)10-7-5-4-6-8-10;2-1(3)4/h4-9H,1-3H3;2H2,(H,3,4). The van der Waals surface area contributed by atoms with E-state index in [1.165, 1.54) is 5.69 Å². The number of benzene rings is 1. The van der Waals surface area contributed by atoms with E-state index in [0.29, 0.717) is 6.04 Å². The summed E-state index contributed by atoms with van der Waals surface area (Å²) >= 11 is 0. The minimum Gasteiger partial charge on any atom is -0.465 e. The molecule has 3 N–H and O–H groups in total. The summed E-state index contributed by atoms with van der Waals surface area (Å²) in [7, 11) is 2.11. The van der Waals surface area contributed by atoms with Crippen LogP contribution in [0.15, 0.2) is 30.3 Å². The van der Waals surface area contributed by atoms with Crippen molar-refractivity contribution >= 4 is 11.8 Å². The van der Waals surface area contributed by atoms with Crippen LogP contribution in [0.25, 0.3) is 0 Å². The summed E-state index contributed by atoms with van der Waals surface area (Å²) in [6.45, 7) is 4.38. The molecule has 0 atom stereocenters. The van der Waals surface area contributed by atoms with Crippen molar-refractivity contribution in [2.75, 3.05) is 11.9 Å². The van der Waals surface area contributed by atoms with Crippen LogP contribution in [0.1, 0.15) is 13.8 Å². The van der Waals surface area contributed by atoms with Crippen LogP contribution in [0.2, 0.25) is 0 Å². The van der Waals surface area contributed by atoms with Gasteiger partial charge in [0.25, 0.3) is 0 Å². The first-order valence-electron chi connectivity index (χ1n) is 4.71. The third-order valence-electron chi connectivity index (χ3n) is 1.94. The van der Waals surface area contributed by atoms with Crippen molar-refractivity contribution in [1.82, 2.24) is 0 Å². The molecule has 0 spiro atoms. The van der Waals surface area contributed by atoms with Crippen molar-refractivity contribution in [3.05, 3.63) is 30.3 Å². The van der Waals surface area contributed by atoms with E-state index < -0.39 is 6.09 Å². The number of anilines is 1. The second-order valence-corrected chi connectivity index (χ2v) is 3.38. The third-order valence-corrected chi connectivity index (χ3v) is 1.94. The van der Waals surface area contributed by atoms with Gasteiger partial charge in [-0.1, -0.05) is 18.2 Å². The predicted molar refractivity (Wildman–Crippen MR) is 62.2 cm³/mol. The zero-order valence-electron chi connectivity index (χ0n) is 9.34. The Morgan fingerprint density at radius 3 is 2.07 bits per heavy atom. The van der Waals surface area contributed by atoms with E-state index in [0.717, 1.165) is 0 Å². The molecule has 15 heavy (non-hydrogen) atoms. The Kier molecular flexibility index (Phi) is 5.94. The molecule has 4 nitrogen and oxygen atoms in total. The van der Waals surface area contributed by atoms with Gasteiger partial charge in [0, 0.05) is 18.8 Å². The minimum atomic E-state index is -1.33. The average molecular weight is 210 g/mol. The number of hydrogen-bond acceptors (Lipinski definition) is 2. The fourth-order valence-electron chi connectivity index (χ4n) is 0.961. The minimum absolute atomic E-state index is 0.567. The molecule has 0 fully saturated rings. The smallest absolute Gasteiger partial charge is 0.402 e. The Morgan fingerprint density at radius 1 is 1.33 bits per heavy atom. The number of rotatable bonds is 2. The molecule has 0 aliphatic carbocycles. The van der Waals surface area contributed by atoms with Gasteiger partial charge in [0.15, 0.2) is 0 Å². The molecule has 0 radical (unpaired) electrons. The van der Waals surface area contributed by atoms with E-state index in [1.807, 2.05) is 6.07 Å². The Morgan fingerprint density at radius 2 is 1.73 bits per heavy atom. The maximum absolute atomic E-state index is 8.78. The van der Waals surface area contributed by atoms with Crippen molar-refractivity contribution in [1.29, 1.82) is 0 Å². The Labute approximate surface area is 90.3 Å². The highest BCUT2D eigenvalue weighted by Gasteiger charge is 2.01. The molecule has 0 aromatic heterocycles. The summed E-state index contributed by atoms with van der Waals surface area (Å²) in [6, 6.07) is 11.0. The van der Waals surface area contributed by atoms with Crippen LogP contribution >= 0.6 is 0 Å². The van der Waals surface area contributed by atoms with Crippen molar-refractivity contribution in [2.24, 2.45) is 5.73 Å². The highest BCUT2D eigenvalue weighted by Crippen LogP contribution is 2.12. The first kappa shape index (κ1) is 13.3. The third kappa shape index (κ3) is 6.37. The van der Waals surface area contributed by atoms with Crippen molar-refractivity contribution in [3.8, 4) is 0 Å². The molecular weight excluding hydrogens is 192 g/mol. The second-order valence-electron chi connectivity index (χ2n) is 3.38. The summed E-state index contributed by atoms with van der Waals surface area (Å²) in [4.78, 5) is 11.0. The topological polar surface area (TPSA) is 66.6 Å². The van der Waals surface area contributed by atoms with Gasteiger partial charge in [0.2, 0.25) is 0 Å². The second kappa shape index (κ2) is 6.70. The van der Waals surface area contributed by atoms with E-state index in [2.05, 4.69) is 55.8 Å².